The summed E-state index contributed by atoms with van der Waals surface area (Å²) >= 11 is 6.05. The number of benzene rings is 1. The van der Waals surface area contributed by atoms with Gasteiger partial charge >= 0.3 is 0 Å². The van der Waals surface area contributed by atoms with Crippen molar-refractivity contribution >= 4 is 21.6 Å². The van der Waals surface area contributed by atoms with Gasteiger partial charge in [-0.25, -0.2) is 8.42 Å². The van der Waals surface area contributed by atoms with Gasteiger partial charge in [-0.05, 0) is 62.4 Å². The molecule has 6 nitrogen and oxygen atoms in total. The molecule has 8 heteroatoms. The molecule has 0 spiro atoms. The minimum Gasteiger partial charge on any atom is -0.490 e. The second kappa shape index (κ2) is 9.22. The first kappa shape index (κ1) is 21.6. The molecule has 0 N–H and O–H groups in total. The van der Waals surface area contributed by atoms with E-state index in [4.69, 9.17) is 16.3 Å². The lowest BCUT2D eigenvalue weighted by Crippen LogP contribution is -2.50. The SMILES string of the molecule is Cc1ccc(Cl)cc1S(=O)(=O)N1CCC(N2CCC(Oc3ccncc3)CC2)CC1. The van der Waals surface area contributed by atoms with Gasteiger partial charge in [0.2, 0.25) is 10.0 Å². The second-order valence-electron chi connectivity index (χ2n) is 8.08. The van der Waals surface area contributed by atoms with E-state index >= 15 is 0 Å². The Kier molecular flexibility index (Phi) is 6.63. The number of likely N-dealkylation sites (tertiary alicyclic amines) is 1. The summed E-state index contributed by atoms with van der Waals surface area (Å²) in [6.07, 6.45) is 7.41. The van der Waals surface area contributed by atoms with Gasteiger partial charge in [-0.1, -0.05) is 17.7 Å². The molecule has 0 radical (unpaired) electrons. The highest BCUT2D eigenvalue weighted by Gasteiger charge is 2.34. The summed E-state index contributed by atoms with van der Waals surface area (Å²) in [5.41, 5.74) is 0.734. The van der Waals surface area contributed by atoms with Crippen LogP contribution in [0.15, 0.2) is 47.6 Å². The van der Waals surface area contributed by atoms with Crippen LogP contribution in [0.4, 0.5) is 0 Å². The van der Waals surface area contributed by atoms with Crippen LogP contribution in [0.1, 0.15) is 31.2 Å². The monoisotopic (exact) mass is 449 g/mol. The number of aromatic nitrogens is 1. The van der Waals surface area contributed by atoms with Crippen LogP contribution in [0, 0.1) is 6.92 Å². The molecule has 2 aliphatic rings. The molecule has 0 saturated carbocycles. The van der Waals surface area contributed by atoms with Crippen molar-refractivity contribution < 1.29 is 13.2 Å². The van der Waals surface area contributed by atoms with Crippen LogP contribution in [-0.4, -0.2) is 60.9 Å². The molecular weight excluding hydrogens is 422 g/mol. The van der Waals surface area contributed by atoms with Gasteiger partial charge in [-0.2, -0.15) is 4.31 Å². The average molecular weight is 450 g/mol. The van der Waals surface area contributed by atoms with Crippen LogP contribution in [0.5, 0.6) is 5.75 Å². The number of pyridine rings is 1. The highest BCUT2D eigenvalue weighted by atomic mass is 35.5. The standard InChI is InChI=1S/C22H28ClN3O3S/c1-17-2-3-18(23)16-22(17)30(27,28)26-14-6-19(7-15-26)25-12-8-21(9-13-25)29-20-4-10-24-11-5-20/h2-5,10-11,16,19,21H,6-9,12-15H2,1H3. The highest BCUT2D eigenvalue weighted by Crippen LogP contribution is 2.28. The minimum absolute atomic E-state index is 0.231. The molecule has 30 heavy (non-hydrogen) atoms. The van der Waals surface area contributed by atoms with E-state index in [2.05, 4.69) is 9.88 Å². The van der Waals surface area contributed by atoms with E-state index in [1.54, 1.807) is 34.9 Å². The Labute approximate surface area is 183 Å². The van der Waals surface area contributed by atoms with Crippen LogP contribution in [0.3, 0.4) is 0 Å². The summed E-state index contributed by atoms with van der Waals surface area (Å²) in [5.74, 6) is 0.873. The first-order chi connectivity index (χ1) is 14.4. The fourth-order valence-corrected chi connectivity index (χ4v) is 6.36. The van der Waals surface area contributed by atoms with Crippen molar-refractivity contribution in [2.24, 2.45) is 0 Å². The van der Waals surface area contributed by atoms with E-state index in [0.717, 1.165) is 50.1 Å². The molecule has 0 unspecified atom stereocenters. The minimum atomic E-state index is -3.51. The van der Waals surface area contributed by atoms with Crippen LogP contribution < -0.4 is 4.74 Å². The van der Waals surface area contributed by atoms with Crippen molar-refractivity contribution in [2.45, 2.75) is 49.6 Å². The van der Waals surface area contributed by atoms with Gasteiger partial charge in [-0.3, -0.25) is 4.98 Å². The zero-order valence-corrected chi connectivity index (χ0v) is 18.8. The molecule has 4 rings (SSSR count). The first-order valence-electron chi connectivity index (χ1n) is 10.5. The predicted octanol–water partition coefficient (Wildman–Crippen LogP) is 3.74. The maximum Gasteiger partial charge on any atom is 0.243 e. The quantitative estimate of drug-likeness (QED) is 0.695. The maximum atomic E-state index is 13.1. The van der Waals surface area contributed by atoms with Crippen LogP contribution >= 0.6 is 11.6 Å². The van der Waals surface area contributed by atoms with E-state index in [-0.39, 0.29) is 6.10 Å². The summed E-state index contributed by atoms with van der Waals surface area (Å²) in [4.78, 5) is 6.84. The Morgan fingerprint density at radius 2 is 1.67 bits per heavy atom. The van der Waals surface area contributed by atoms with Gasteiger partial charge in [-0.15, -0.1) is 0 Å². The van der Waals surface area contributed by atoms with Crippen molar-refractivity contribution in [3.8, 4) is 5.75 Å². The largest absolute Gasteiger partial charge is 0.490 e. The molecule has 3 heterocycles. The van der Waals surface area contributed by atoms with Crippen LogP contribution in [0.25, 0.3) is 0 Å². The van der Waals surface area contributed by atoms with Crippen LogP contribution in [0.2, 0.25) is 5.02 Å². The Morgan fingerprint density at radius 1 is 1.00 bits per heavy atom. The van der Waals surface area contributed by atoms with Gasteiger partial charge in [0.15, 0.2) is 0 Å². The van der Waals surface area contributed by atoms with Crippen molar-refractivity contribution in [3.63, 3.8) is 0 Å². The topological polar surface area (TPSA) is 62.7 Å². The van der Waals surface area contributed by atoms with Crippen molar-refractivity contribution in [1.82, 2.24) is 14.2 Å². The number of nitrogens with zero attached hydrogens (tertiary/aromatic N) is 3. The Hall–Kier alpha value is -1.67. The predicted molar refractivity (Wildman–Crippen MR) is 117 cm³/mol. The zero-order chi connectivity index (χ0) is 21.1. The molecule has 2 aliphatic heterocycles. The van der Waals surface area contributed by atoms with Crippen molar-refractivity contribution in [1.29, 1.82) is 0 Å². The lowest BCUT2D eigenvalue weighted by Gasteiger charge is -2.41. The molecule has 0 aliphatic carbocycles. The highest BCUT2D eigenvalue weighted by molar-refractivity contribution is 7.89. The van der Waals surface area contributed by atoms with Gasteiger partial charge in [0.05, 0.1) is 4.90 Å². The smallest absolute Gasteiger partial charge is 0.243 e. The number of hydrogen-bond acceptors (Lipinski definition) is 5. The number of sulfonamides is 1. The van der Waals surface area contributed by atoms with Gasteiger partial charge in [0, 0.05) is 49.6 Å². The van der Waals surface area contributed by atoms with Crippen molar-refractivity contribution in [3.05, 3.63) is 53.3 Å². The third-order valence-corrected chi connectivity index (χ3v) is 8.41. The number of halogens is 1. The molecule has 0 bridgehead atoms. The Morgan fingerprint density at radius 3 is 2.33 bits per heavy atom. The molecular formula is C22H28ClN3O3S. The summed E-state index contributed by atoms with van der Waals surface area (Å²) < 4.78 is 33.9. The van der Waals surface area contributed by atoms with Gasteiger partial charge < -0.3 is 9.64 Å². The molecule has 1 aromatic heterocycles. The van der Waals surface area contributed by atoms with E-state index in [1.165, 1.54) is 0 Å². The number of aryl methyl sites for hydroxylation is 1. The van der Waals surface area contributed by atoms with E-state index in [9.17, 15) is 8.42 Å². The molecule has 0 atom stereocenters. The summed E-state index contributed by atoms with van der Waals surface area (Å²) in [6.45, 7) is 4.88. The lowest BCUT2D eigenvalue weighted by atomic mass is 10.00. The third kappa shape index (κ3) is 4.80. The van der Waals surface area contributed by atoms with E-state index in [1.807, 2.05) is 19.1 Å². The van der Waals surface area contributed by atoms with E-state index in [0.29, 0.717) is 29.0 Å². The first-order valence-corrected chi connectivity index (χ1v) is 12.3. The third-order valence-electron chi connectivity index (χ3n) is 6.14. The number of ether oxygens (including phenoxy) is 1. The fraction of sp³-hybridized carbons (Fsp3) is 0.500. The summed E-state index contributed by atoms with van der Waals surface area (Å²) in [7, 11) is -3.51. The number of rotatable bonds is 5. The van der Waals surface area contributed by atoms with Crippen LogP contribution in [-0.2, 0) is 10.0 Å². The molecule has 2 fully saturated rings. The Balaban J connectivity index is 1.30. The van der Waals surface area contributed by atoms with E-state index < -0.39 is 10.0 Å². The van der Waals surface area contributed by atoms with Crippen molar-refractivity contribution in [2.75, 3.05) is 26.2 Å². The molecule has 0 amide bonds. The zero-order valence-electron chi connectivity index (χ0n) is 17.2. The normalized spacial score (nSPS) is 20.3. The lowest BCUT2D eigenvalue weighted by molar-refractivity contribution is 0.0585. The average Bonchev–Trinajstić information content (AvgIpc) is 2.77. The fourth-order valence-electron chi connectivity index (χ4n) is 4.41. The Bertz CT molecular complexity index is 955. The maximum absolute atomic E-state index is 13.1. The molecule has 2 saturated heterocycles. The molecule has 162 valence electrons. The van der Waals surface area contributed by atoms with Gasteiger partial charge in [0.25, 0.3) is 0 Å². The molecule has 1 aromatic carbocycles. The second-order valence-corrected chi connectivity index (χ2v) is 10.4. The summed E-state index contributed by atoms with van der Waals surface area (Å²) in [6, 6.07) is 9.27. The summed E-state index contributed by atoms with van der Waals surface area (Å²) in [5, 5.41) is 0.450. The van der Waals surface area contributed by atoms with Gasteiger partial charge in [0.1, 0.15) is 11.9 Å². The number of piperidine rings is 2. The molecule has 2 aromatic rings. The number of hydrogen-bond donors (Lipinski definition) is 0.